The van der Waals surface area contributed by atoms with Crippen molar-refractivity contribution in [2.24, 2.45) is 11.8 Å². The van der Waals surface area contributed by atoms with Crippen LogP contribution in [0.15, 0.2) is 0 Å². The molecular formula is C12H22N2O. The number of carbonyl (C=O) groups is 1. The van der Waals surface area contributed by atoms with Gasteiger partial charge in [-0.25, -0.2) is 0 Å². The standard InChI is InChI=1S/C12H22N2O/c1-9(2)3-4-12(15)14-6-5-10-7-13-8-11(10)14/h9-11,13H,3-8H2,1-2H3/t10-,11+/m0/s1. The second kappa shape index (κ2) is 4.52. The number of amides is 1. The highest BCUT2D eigenvalue weighted by molar-refractivity contribution is 5.77. The van der Waals surface area contributed by atoms with Gasteiger partial charge in [-0.3, -0.25) is 4.79 Å². The molecule has 1 amide bonds. The summed E-state index contributed by atoms with van der Waals surface area (Å²) in [4.78, 5) is 14.1. The van der Waals surface area contributed by atoms with Crippen LogP contribution in [0.1, 0.15) is 33.1 Å². The van der Waals surface area contributed by atoms with Gasteiger partial charge in [-0.05, 0) is 24.7 Å². The predicted molar refractivity (Wildman–Crippen MR) is 60.5 cm³/mol. The molecule has 0 unspecified atom stereocenters. The smallest absolute Gasteiger partial charge is 0.222 e. The highest BCUT2D eigenvalue weighted by Gasteiger charge is 2.39. The van der Waals surface area contributed by atoms with Crippen molar-refractivity contribution in [2.75, 3.05) is 19.6 Å². The van der Waals surface area contributed by atoms with Gasteiger partial charge in [0, 0.05) is 32.1 Å². The molecule has 2 atom stereocenters. The fourth-order valence-electron chi connectivity index (χ4n) is 2.71. The van der Waals surface area contributed by atoms with Crippen molar-refractivity contribution in [1.82, 2.24) is 10.2 Å². The Morgan fingerprint density at radius 2 is 2.27 bits per heavy atom. The Balaban J connectivity index is 1.85. The van der Waals surface area contributed by atoms with Crippen LogP contribution < -0.4 is 5.32 Å². The number of nitrogens with one attached hydrogen (secondary N) is 1. The molecule has 0 aromatic carbocycles. The first-order valence-corrected chi connectivity index (χ1v) is 6.18. The summed E-state index contributed by atoms with van der Waals surface area (Å²) in [7, 11) is 0. The molecule has 0 spiro atoms. The molecule has 0 radical (unpaired) electrons. The van der Waals surface area contributed by atoms with Crippen LogP contribution in [-0.2, 0) is 4.79 Å². The highest BCUT2D eigenvalue weighted by Crippen LogP contribution is 2.27. The third kappa shape index (κ3) is 2.33. The first-order valence-electron chi connectivity index (χ1n) is 6.18. The Morgan fingerprint density at radius 3 is 3.00 bits per heavy atom. The van der Waals surface area contributed by atoms with E-state index >= 15 is 0 Å². The molecule has 0 saturated carbocycles. The molecule has 2 rings (SSSR count). The van der Waals surface area contributed by atoms with E-state index in [1.54, 1.807) is 0 Å². The Morgan fingerprint density at radius 1 is 1.47 bits per heavy atom. The molecule has 2 fully saturated rings. The van der Waals surface area contributed by atoms with Gasteiger partial charge in [0.2, 0.25) is 5.91 Å². The molecule has 0 bridgehead atoms. The minimum absolute atomic E-state index is 0.375. The molecule has 2 heterocycles. The van der Waals surface area contributed by atoms with Gasteiger partial charge < -0.3 is 10.2 Å². The van der Waals surface area contributed by atoms with E-state index in [0.29, 0.717) is 17.9 Å². The minimum atomic E-state index is 0.375. The lowest BCUT2D eigenvalue weighted by atomic mass is 10.0. The Bertz CT molecular complexity index is 240. The summed E-state index contributed by atoms with van der Waals surface area (Å²) in [5, 5.41) is 3.38. The van der Waals surface area contributed by atoms with Gasteiger partial charge in [-0.2, -0.15) is 0 Å². The SMILES string of the molecule is CC(C)CCC(=O)N1CC[C@H]2CNC[C@H]21. The summed E-state index contributed by atoms with van der Waals surface area (Å²) < 4.78 is 0. The number of likely N-dealkylation sites (tertiary alicyclic amines) is 1. The molecule has 1 N–H and O–H groups in total. The highest BCUT2D eigenvalue weighted by atomic mass is 16.2. The molecule has 2 aliphatic rings. The second-order valence-corrected chi connectivity index (χ2v) is 5.29. The van der Waals surface area contributed by atoms with Crippen molar-refractivity contribution in [3.05, 3.63) is 0 Å². The van der Waals surface area contributed by atoms with Gasteiger partial charge in [0.15, 0.2) is 0 Å². The van der Waals surface area contributed by atoms with E-state index in [-0.39, 0.29) is 0 Å². The average molecular weight is 210 g/mol. The lowest BCUT2D eigenvalue weighted by molar-refractivity contribution is -0.132. The fourth-order valence-corrected chi connectivity index (χ4v) is 2.71. The third-order valence-electron chi connectivity index (χ3n) is 3.70. The Kier molecular flexibility index (Phi) is 3.29. The van der Waals surface area contributed by atoms with Crippen molar-refractivity contribution in [1.29, 1.82) is 0 Å². The van der Waals surface area contributed by atoms with Gasteiger partial charge in [-0.15, -0.1) is 0 Å². The summed E-state index contributed by atoms with van der Waals surface area (Å²) in [5.74, 6) is 1.74. The molecule has 0 aromatic rings. The predicted octanol–water partition coefficient (Wildman–Crippen LogP) is 1.24. The zero-order valence-corrected chi connectivity index (χ0v) is 9.83. The number of hydrogen-bond acceptors (Lipinski definition) is 2. The largest absolute Gasteiger partial charge is 0.338 e. The number of rotatable bonds is 3. The van der Waals surface area contributed by atoms with E-state index in [1.807, 2.05) is 0 Å². The molecule has 15 heavy (non-hydrogen) atoms. The second-order valence-electron chi connectivity index (χ2n) is 5.29. The maximum absolute atomic E-state index is 12.0. The molecule has 86 valence electrons. The first-order chi connectivity index (χ1) is 7.18. The van der Waals surface area contributed by atoms with Gasteiger partial charge >= 0.3 is 0 Å². The summed E-state index contributed by atoms with van der Waals surface area (Å²) in [6.07, 6.45) is 2.96. The summed E-state index contributed by atoms with van der Waals surface area (Å²) in [6, 6.07) is 0.504. The Hall–Kier alpha value is -0.570. The number of nitrogens with zero attached hydrogens (tertiary/aromatic N) is 1. The molecule has 2 saturated heterocycles. The van der Waals surface area contributed by atoms with Crippen molar-refractivity contribution in [3.63, 3.8) is 0 Å². The molecule has 2 aliphatic heterocycles. The number of hydrogen-bond donors (Lipinski definition) is 1. The van der Waals surface area contributed by atoms with Crippen molar-refractivity contribution >= 4 is 5.91 Å². The van der Waals surface area contributed by atoms with Crippen molar-refractivity contribution in [3.8, 4) is 0 Å². The topological polar surface area (TPSA) is 32.3 Å². The maximum Gasteiger partial charge on any atom is 0.222 e. The zero-order valence-electron chi connectivity index (χ0n) is 9.83. The quantitative estimate of drug-likeness (QED) is 0.760. The van der Waals surface area contributed by atoms with E-state index < -0.39 is 0 Å². The van der Waals surface area contributed by atoms with Crippen LogP contribution in [0.5, 0.6) is 0 Å². The lowest BCUT2D eigenvalue weighted by Gasteiger charge is -2.23. The van der Waals surface area contributed by atoms with Crippen molar-refractivity contribution in [2.45, 2.75) is 39.2 Å². The molecular weight excluding hydrogens is 188 g/mol. The lowest BCUT2D eigenvalue weighted by Crippen LogP contribution is -2.39. The summed E-state index contributed by atoms with van der Waals surface area (Å²) in [6.45, 7) is 7.47. The molecule has 3 heteroatoms. The molecule has 0 aromatic heterocycles. The Labute approximate surface area is 92.2 Å². The zero-order chi connectivity index (χ0) is 10.8. The van der Waals surface area contributed by atoms with Crippen LogP contribution in [0.3, 0.4) is 0 Å². The monoisotopic (exact) mass is 210 g/mol. The minimum Gasteiger partial charge on any atom is -0.338 e. The van der Waals surface area contributed by atoms with Crippen LogP contribution in [0, 0.1) is 11.8 Å². The van der Waals surface area contributed by atoms with Crippen molar-refractivity contribution < 1.29 is 4.79 Å². The first kappa shape index (κ1) is 10.9. The fraction of sp³-hybridized carbons (Fsp3) is 0.917. The van der Waals surface area contributed by atoms with E-state index in [1.165, 1.54) is 6.42 Å². The van der Waals surface area contributed by atoms with Crippen LogP contribution in [-0.4, -0.2) is 36.5 Å². The van der Waals surface area contributed by atoms with Gasteiger partial charge in [0.25, 0.3) is 0 Å². The number of carbonyl (C=O) groups excluding carboxylic acids is 1. The molecule has 3 nitrogen and oxygen atoms in total. The van der Waals surface area contributed by atoms with E-state index in [0.717, 1.165) is 38.4 Å². The van der Waals surface area contributed by atoms with Crippen LogP contribution >= 0.6 is 0 Å². The van der Waals surface area contributed by atoms with Crippen LogP contribution in [0.4, 0.5) is 0 Å². The van der Waals surface area contributed by atoms with Crippen LogP contribution in [0.2, 0.25) is 0 Å². The van der Waals surface area contributed by atoms with E-state index in [2.05, 4.69) is 24.1 Å². The van der Waals surface area contributed by atoms with Gasteiger partial charge in [-0.1, -0.05) is 13.8 Å². The molecule has 0 aliphatic carbocycles. The normalized spacial score (nSPS) is 29.9. The van der Waals surface area contributed by atoms with Gasteiger partial charge in [0.05, 0.1) is 0 Å². The van der Waals surface area contributed by atoms with Crippen LogP contribution in [0.25, 0.3) is 0 Å². The van der Waals surface area contributed by atoms with E-state index in [4.69, 9.17) is 0 Å². The third-order valence-corrected chi connectivity index (χ3v) is 3.70. The summed E-state index contributed by atoms with van der Waals surface area (Å²) in [5.41, 5.74) is 0. The number of fused-ring (bicyclic) bond motifs is 1. The maximum atomic E-state index is 12.0. The summed E-state index contributed by atoms with van der Waals surface area (Å²) >= 11 is 0. The van der Waals surface area contributed by atoms with Gasteiger partial charge in [0.1, 0.15) is 0 Å². The van der Waals surface area contributed by atoms with E-state index in [9.17, 15) is 4.79 Å². The average Bonchev–Trinajstić information content (AvgIpc) is 2.74.